The zero-order valence-electron chi connectivity index (χ0n) is 15.4. The van der Waals surface area contributed by atoms with Gasteiger partial charge in [0.05, 0.1) is 4.90 Å². The molecule has 0 radical (unpaired) electrons. The number of sulfonamides is 1. The van der Waals surface area contributed by atoms with E-state index in [0.29, 0.717) is 31.9 Å². The normalized spacial score (nSPS) is 15.5. The molecule has 0 unspecified atom stereocenters. The van der Waals surface area contributed by atoms with E-state index in [1.54, 1.807) is 12.1 Å². The van der Waals surface area contributed by atoms with Crippen molar-refractivity contribution < 1.29 is 17.9 Å². The van der Waals surface area contributed by atoms with Crippen LogP contribution in [0, 0.1) is 0 Å². The fraction of sp³-hybridized carbons (Fsp3) is 0.611. The number of anilines is 1. The summed E-state index contributed by atoms with van der Waals surface area (Å²) in [6.07, 6.45) is 5.00. The molecule has 2 N–H and O–H groups in total. The summed E-state index contributed by atoms with van der Waals surface area (Å²) >= 11 is 0. The smallest absolute Gasteiger partial charge is 0.321 e. The second-order valence-electron chi connectivity index (χ2n) is 6.30. The third-order valence-corrected chi connectivity index (χ3v) is 5.75. The minimum Gasteiger partial charge on any atom is -0.382 e. The number of amides is 2. The number of carbonyl (C=O) groups is 1. The molecule has 1 aromatic carbocycles. The molecule has 146 valence electrons. The van der Waals surface area contributed by atoms with Gasteiger partial charge in [-0.15, -0.1) is 0 Å². The van der Waals surface area contributed by atoms with E-state index in [4.69, 9.17) is 4.74 Å². The molecule has 0 spiro atoms. The Balaban J connectivity index is 1.87. The number of hydrogen-bond donors (Lipinski definition) is 2. The summed E-state index contributed by atoms with van der Waals surface area (Å²) in [7, 11) is -3.55. The van der Waals surface area contributed by atoms with Crippen molar-refractivity contribution >= 4 is 21.7 Å². The predicted molar refractivity (Wildman–Crippen MR) is 102 cm³/mol. The van der Waals surface area contributed by atoms with Crippen LogP contribution < -0.4 is 10.0 Å². The van der Waals surface area contributed by atoms with Crippen LogP contribution in [0.1, 0.15) is 39.0 Å². The molecule has 2 rings (SSSR count). The molecule has 1 aliphatic heterocycles. The Morgan fingerprint density at radius 1 is 1.12 bits per heavy atom. The van der Waals surface area contributed by atoms with Crippen molar-refractivity contribution in [2.45, 2.75) is 43.9 Å². The van der Waals surface area contributed by atoms with Gasteiger partial charge in [-0.25, -0.2) is 17.9 Å². The number of benzene rings is 1. The lowest BCUT2D eigenvalue weighted by Gasteiger charge is -2.20. The van der Waals surface area contributed by atoms with E-state index in [2.05, 4.69) is 10.0 Å². The highest BCUT2D eigenvalue weighted by molar-refractivity contribution is 7.89. The van der Waals surface area contributed by atoms with Crippen molar-refractivity contribution in [2.24, 2.45) is 0 Å². The Bertz CT molecular complexity index is 654. The van der Waals surface area contributed by atoms with E-state index in [0.717, 1.165) is 38.8 Å². The Morgan fingerprint density at radius 2 is 1.77 bits per heavy atom. The average molecular weight is 384 g/mol. The Morgan fingerprint density at radius 3 is 2.38 bits per heavy atom. The molecule has 1 fully saturated rings. The van der Waals surface area contributed by atoms with Gasteiger partial charge >= 0.3 is 6.03 Å². The average Bonchev–Trinajstić information content (AvgIpc) is 2.91. The molecule has 1 saturated heterocycles. The maximum Gasteiger partial charge on any atom is 0.321 e. The third kappa shape index (κ3) is 6.59. The van der Waals surface area contributed by atoms with Crippen LogP contribution in [0.15, 0.2) is 29.2 Å². The molecule has 2 amide bonds. The fourth-order valence-electron chi connectivity index (χ4n) is 2.80. The number of urea groups is 1. The molecule has 0 aromatic heterocycles. The van der Waals surface area contributed by atoms with Crippen molar-refractivity contribution in [2.75, 3.05) is 38.2 Å². The molecular formula is C18H29N3O4S. The maximum atomic E-state index is 12.3. The monoisotopic (exact) mass is 383 g/mol. The Labute approximate surface area is 156 Å². The summed E-state index contributed by atoms with van der Waals surface area (Å²) in [5.41, 5.74) is 0.592. The molecule has 1 heterocycles. The van der Waals surface area contributed by atoms with Crippen LogP contribution in [0.3, 0.4) is 0 Å². The fourth-order valence-corrected chi connectivity index (χ4v) is 3.88. The van der Waals surface area contributed by atoms with Gasteiger partial charge in [-0.05, 0) is 50.5 Å². The molecule has 0 bridgehead atoms. The number of likely N-dealkylation sites (tertiary alicyclic amines) is 1. The van der Waals surface area contributed by atoms with Gasteiger partial charge in [0, 0.05) is 38.5 Å². The second-order valence-corrected chi connectivity index (χ2v) is 8.07. The highest BCUT2D eigenvalue weighted by atomic mass is 32.2. The largest absolute Gasteiger partial charge is 0.382 e. The van der Waals surface area contributed by atoms with Crippen LogP contribution in [0.25, 0.3) is 0 Å². The van der Waals surface area contributed by atoms with E-state index in [9.17, 15) is 13.2 Å². The number of carbonyl (C=O) groups excluding carboxylic acids is 1. The number of nitrogens with one attached hydrogen (secondary N) is 2. The van der Waals surface area contributed by atoms with Gasteiger partial charge in [-0.2, -0.15) is 0 Å². The van der Waals surface area contributed by atoms with E-state index in [1.807, 2.05) is 11.8 Å². The highest BCUT2D eigenvalue weighted by Crippen LogP contribution is 2.16. The van der Waals surface area contributed by atoms with Crippen molar-refractivity contribution in [3.63, 3.8) is 0 Å². The Kier molecular flexibility index (Phi) is 8.34. The van der Waals surface area contributed by atoms with Crippen molar-refractivity contribution in [1.29, 1.82) is 0 Å². The maximum absolute atomic E-state index is 12.3. The molecule has 1 aliphatic rings. The van der Waals surface area contributed by atoms with Gasteiger partial charge in [0.1, 0.15) is 0 Å². The van der Waals surface area contributed by atoms with Gasteiger partial charge in [0.25, 0.3) is 0 Å². The van der Waals surface area contributed by atoms with Crippen LogP contribution in [0.5, 0.6) is 0 Å². The summed E-state index contributed by atoms with van der Waals surface area (Å²) in [6, 6.07) is 6.11. The predicted octanol–water partition coefficient (Wildman–Crippen LogP) is 2.80. The second kappa shape index (κ2) is 10.5. The number of rotatable bonds is 8. The lowest BCUT2D eigenvalue weighted by Crippen LogP contribution is -2.35. The minimum absolute atomic E-state index is 0.128. The summed E-state index contributed by atoms with van der Waals surface area (Å²) in [4.78, 5) is 14.3. The molecule has 0 aliphatic carbocycles. The summed E-state index contributed by atoms with van der Waals surface area (Å²) in [6.45, 7) is 4.92. The first-order valence-corrected chi connectivity index (χ1v) is 10.7. The van der Waals surface area contributed by atoms with Gasteiger partial charge in [0.2, 0.25) is 10.0 Å². The van der Waals surface area contributed by atoms with Crippen molar-refractivity contribution in [3.8, 4) is 0 Å². The molecule has 7 nitrogen and oxygen atoms in total. The van der Waals surface area contributed by atoms with Crippen LogP contribution >= 0.6 is 0 Å². The lowest BCUT2D eigenvalue weighted by atomic mass is 10.2. The van der Waals surface area contributed by atoms with Crippen molar-refractivity contribution in [1.82, 2.24) is 9.62 Å². The molecule has 0 atom stereocenters. The first-order valence-electron chi connectivity index (χ1n) is 9.26. The van der Waals surface area contributed by atoms with E-state index < -0.39 is 10.0 Å². The van der Waals surface area contributed by atoms with Crippen LogP contribution in [0.2, 0.25) is 0 Å². The number of hydrogen-bond acceptors (Lipinski definition) is 4. The van der Waals surface area contributed by atoms with Gasteiger partial charge < -0.3 is 15.0 Å². The first-order chi connectivity index (χ1) is 12.5. The first kappa shape index (κ1) is 20.7. The zero-order valence-corrected chi connectivity index (χ0v) is 16.2. The molecule has 8 heteroatoms. The number of nitrogens with zero attached hydrogens (tertiary/aromatic N) is 1. The molecular weight excluding hydrogens is 354 g/mol. The van der Waals surface area contributed by atoms with Crippen LogP contribution in [-0.2, 0) is 14.8 Å². The summed E-state index contributed by atoms with van der Waals surface area (Å²) in [5.74, 6) is 0. The quantitative estimate of drug-likeness (QED) is 0.676. The van der Waals surface area contributed by atoms with Crippen molar-refractivity contribution in [3.05, 3.63) is 24.3 Å². The lowest BCUT2D eigenvalue weighted by molar-refractivity contribution is 0.146. The molecule has 1 aromatic rings. The molecule has 26 heavy (non-hydrogen) atoms. The molecule has 0 saturated carbocycles. The third-order valence-electron chi connectivity index (χ3n) is 4.27. The highest BCUT2D eigenvalue weighted by Gasteiger charge is 2.16. The van der Waals surface area contributed by atoms with Gasteiger partial charge in [0.15, 0.2) is 0 Å². The standard InChI is InChI=1S/C18H29N3O4S/c1-2-25-15-7-12-19-26(23,24)17-10-8-16(9-11-17)20-18(22)21-13-5-3-4-6-14-21/h8-11,19H,2-7,12-15H2,1H3,(H,20,22). The van der Waals surface area contributed by atoms with Gasteiger partial charge in [-0.1, -0.05) is 12.8 Å². The SMILES string of the molecule is CCOCCCNS(=O)(=O)c1ccc(NC(=O)N2CCCCCC2)cc1. The van der Waals surface area contributed by atoms with Gasteiger partial charge in [-0.3, -0.25) is 0 Å². The summed E-state index contributed by atoms with van der Waals surface area (Å²) < 4.78 is 32.2. The summed E-state index contributed by atoms with van der Waals surface area (Å²) in [5, 5.41) is 2.84. The van der Waals surface area contributed by atoms with Crippen LogP contribution in [-0.4, -0.2) is 52.2 Å². The number of ether oxygens (including phenoxy) is 1. The van der Waals surface area contributed by atoms with E-state index >= 15 is 0 Å². The van der Waals surface area contributed by atoms with E-state index in [-0.39, 0.29) is 10.9 Å². The topological polar surface area (TPSA) is 87.7 Å². The Hall–Kier alpha value is -1.64. The van der Waals surface area contributed by atoms with E-state index in [1.165, 1.54) is 12.1 Å². The zero-order chi connectivity index (χ0) is 18.8. The van der Waals surface area contributed by atoms with Crippen LogP contribution in [0.4, 0.5) is 10.5 Å². The minimum atomic E-state index is -3.55.